The minimum Gasteiger partial charge on any atom is -0.366 e. The zero-order valence-electron chi connectivity index (χ0n) is 18.0. The molecule has 10 heteroatoms. The maximum atomic E-state index is 12.4. The van der Waals surface area contributed by atoms with Gasteiger partial charge in [-0.3, -0.25) is 19.7 Å². The summed E-state index contributed by atoms with van der Waals surface area (Å²) in [4.78, 5) is 26.0. The van der Waals surface area contributed by atoms with E-state index < -0.39 is 11.3 Å². The number of carbonyl (C=O) groups is 1. The van der Waals surface area contributed by atoms with Gasteiger partial charge in [-0.2, -0.15) is 4.68 Å². The average molecular weight is 495 g/mol. The fraction of sp³-hybridized carbons (Fsp3) is 0.318. The van der Waals surface area contributed by atoms with Gasteiger partial charge in [0.1, 0.15) is 0 Å². The van der Waals surface area contributed by atoms with Crippen molar-refractivity contribution in [3.8, 4) is 0 Å². The zero-order valence-corrected chi connectivity index (χ0v) is 19.6. The van der Waals surface area contributed by atoms with Crippen LogP contribution in [0.1, 0.15) is 49.1 Å². The predicted octanol–water partition coefficient (Wildman–Crippen LogP) is 2.89. The normalized spacial score (nSPS) is 18.4. The van der Waals surface area contributed by atoms with Crippen LogP contribution in [0.15, 0.2) is 52.9 Å². The molecule has 1 amide bonds. The van der Waals surface area contributed by atoms with E-state index in [9.17, 15) is 4.79 Å². The van der Waals surface area contributed by atoms with Gasteiger partial charge in [0, 0.05) is 46.4 Å². The summed E-state index contributed by atoms with van der Waals surface area (Å²) in [5, 5.41) is 12.2. The van der Waals surface area contributed by atoms with E-state index >= 15 is 0 Å². The van der Waals surface area contributed by atoms with Crippen LogP contribution in [0.3, 0.4) is 0 Å². The van der Waals surface area contributed by atoms with E-state index in [1.807, 2.05) is 32.9 Å². The highest BCUT2D eigenvalue weighted by Crippen LogP contribution is 2.41. The molecule has 0 fully saturated rings. The largest absolute Gasteiger partial charge is 0.366 e. The Morgan fingerprint density at radius 1 is 1.22 bits per heavy atom. The Morgan fingerprint density at radius 3 is 2.66 bits per heavy atom. The van der Waals surface area contributed by atoms with E-state index in [0.717, 1.165) is 21.6 Å². The van der Waals surface area contributed by atoms with Gasteiger partial charge >= 0.3 is 0 Å². The summed E-state index contributed by atoms with van der Waals surface area (Å²) >= 11 is 3.45. The number of amides is 1. The Bertz CT molecular complexity index is 1200. The number of hydrogen-bond acceptors (Lipinski definition) is 7. The number of allylic oxidation sites excluding steroid dienone is 3. The third-order valence-electron chi connectivity index (χ3n) is 5.39. The third kappa shape index (κ3) is 4.36. The third-order valence-corrected chi connectivity index (χ3v) is 5.86. The van der Waals surface area contributed by atoms with Crippen LogP contribution in [-0.4, -0.2) is 41.1 Å². The number of tetrazole rings is 1. The van der Waals surface area contributed by atoms with Crippen LogP contribution in [0, 0.1) is 6.92 Å². The van der Waals surface area contributed by atoms with Crippen molar-refractivity contribution in [1.82, 2.24) is 35.2 Å². The lowest BCUT2D eigenvalue weighted by Crippen LogP contribution is -2.35. The Morgan fingerprint density at radius 2 is 2.03 bits per heavy atom. The van der Waals surface area contributed by atoms with Gasteiger partial charge in [-0.05, 0) is 64.0 Å². The number of nitrogens with two attached hydrogens (primary N) is 1. The first-order valence-corrected chi connectivity index (χ1v) is 11.0. The molecule has 0 spiro atoms. The molecule has 1 aliphatic carbocycles. The molecule has 1 aliphatic rings. The maximum Gasteiger partial charge on any atom is 0.244 e. The molecule has 3 aromatic heterocycles. The van der Waals surface area contributed by atoms with Crippen LogP contribution in [0.5, 0.6) is 0 Å². The van der Waals surface area contributed by atoms with Gasteiger partial charge in [-0.15, -0.1) is 5.10 Å². The quantitative estimate of drug-likeness (QED) is 0.558. The summed E-state index contributed by atoms with van der Waals surface area (Å²) < 4.78 is 2.51. The van der Waals surface area contributed by atoms with Crippen molar-refractivity contribution in [2.75, 3.05) is 0 Å². The first-order valence-electron chi connectivity index (χ1n) is 10.2. The summed E-state index contributed by atoms with van der Waals surface area (Å²) in [6.07, 6.45) is 9.88. The summed E-state index contributed by atoms with van der Waals surface area (Å²) in [6.45, 7) is 5.91. The van der Waals surface area contributed by atoms with E-state index in [-0.39, 0.29) is 5.92 Å². The molecule has 1 atom stereocenters. The molecule has 3 heterocycles. The number of hydrogen-bond donors (Lipinski definition) is 1. The topological polar surface area (TPSA) is 125 Å². The number of rotatable bonds is 6. The second-order valence-electron chi connectivity index (χ2n) is 8.23. The minimum absolute atomic E-state index is 0.0847. The molecule has 0 bridgehead atoms. The van der Waals surface area contributed by atoms with E-state index in [4.69, 9.17) is 5.73 Å². The number of nitrogens with zero attached hydrogens (tertiary/aromatic N) is 7. The molecule has 0 radical (unpaired) electrons. The molecule has 32 heavy (non-hydrogen) atoms. The molecule has 164 valence electrons. The second kappa shape index (κ2) is 8.70. The Balaban J connectivity index is 1.92. The standard InChI is InChI=1S/C22H23BrN8O/c1-13(2)21-28-29-30-31(21)18-6-15(20(24)32)7-22(9-18,19-5-4-16(23)11-27-19)8-17-12-25-14(3)10-26-17/h4-6,9-13H,7-8H2,1-3H3,(H2,24,32). The molecule has 0 aliphatic heterocycles. The molecule has 0 saturated carbocycles. The smallest absolute Gasteiger partial charge is 0.244 e. The molecule has 9 nitrogen and oxygen atoms in total. The highest BCUT2D eigenvalue weighted by Gasteiger charge is 2.38. The van der Waals surface area contributed by atoms with Crippen molar-refractivity contribution in [2.24, 2.45) is 5.73 Å². The van der Waals surface area contributed by atoms with Gasteiger partial charge < -0.3 is 5.73 Å². The van der Waals surface area contributed by atoms with E-state index in [1.54, 1.807) is 29.3 Å². The summed E-state index contributed by atoms with van der Waals surface area (Å²) in [5.74, 6) is 0.277. The number of primary amides is 1. The SMILES string of the molecule is Cc1cnc(CC2(c3ccc(Br)cn3)C=C(n3nnnc3C(C)C)C=C(C(N)=O)C2)cn1. The van der Waals surface area contributed by atoms with Crippen LogP contribution >= 0.6 is 15.9 Å². The van der Waals surface area contributed by atoms with Gasteiger partial charge in [0.05, 0.1) is 22.8 Å². The number of aromatic nitrogens is 7. The van der Waals surface area contributed by atoms with Gasteiger partial charge in [-0.1, -0.05) is 13.8 Å². The van der Waals surface area contributed by atoms with Crippen molar-refractivity contribution >= 4 is 27.5 Å². The highest BCUT2D eigenvalue weighted by molar-refractivity contribution is 9.10. The van der Waals surface area contributed by atoms with Gasteiger partial charge in [0.25, 0.3) is 0 Å². The summed E-state index contributed by atoms with van der Waals surface area (Å²) in [7, 11) is 0. The van der Waals surface area contributed by atoms with Crippen molar-refractivity contribution in [2.45, 2.75) is 44.9 Å². The van der Waals surface area contributed by atoms with E-state index in [0.29, 0.717) is 29.9 Å². The fourth-order valence-electron chi connectivity index (χ4n) is 3.84. The molecule has 2 N–H and O–H groups in total. The zero-order chi connectivity index (χ0) is 22.9. The molecule has 0 aromatic carbocycles. The number of pyridine rings is 1. The second-order valence-corrected chi connectivity index (χ2v) is 9.14. The van der Waals surface area contributed by atoms with Crippen LogP contribution < -0.4 is 5.73 Å². The Hall–Kier alpha value is -3.27. The Kier molecular flexibility index (Phi) is 5.96. The van der Waals surface area contributed by atoms with Crippen LogP contribution in [0.4, 0.5) is 0 Å². The van der Waals surface area contributed by atoms with Crippen molar-refractivity contribution < 1.29 is 4.79 Å². The first kappa shape index (κ1) is 21.9. The number of halogens is 1. The number of carbonyl (C=O) groups excluding carboxylic acids is 1. The maximum absolute atomic E-state index is 12.4. The predicted molar refractivity (Wildman–Crippen MR) is 122 cm³/mol. The molecule has 0 saturated heterocycles. The average Bonchev–Trinajstić information content (AvgIpc) is 3.26. The molecule has 1 unspecified atom stereocenters. The van der Waals surface area contributed by atoms with Crippen molar-refractivity contribution in [1.29, 1.82) is 0 Å². The lowest BCUT2D eigenvalue weighted by Gasteiger charge is -2.34. The van der Waals surface area contributed by atoms with E-state index in [1.165, 1.54) is 0 Å². The van der Waals surface area contributed by atoms with Gasteiger partial charge in [0.2, 0.25) is 5.91 Å². The summed E-state index contributed by atoms with van der Waals surface area (Å²) in [5.41, 5.74) is 8.61. The van der Waals surface area contributed by atoms with Crippen molar-refractivity contribution in [3.63, 3.8) is 0 Å². The van der Waals surface area contributed by atoms with Crippen LogP contribution in [0.2, 0.25) is 0 Å². The highest BCUT2D eigenvalue weighted by atomic mass is 79.9. The van der Waals surface area contributed by atoms with Crippen LogP contribution in [-0.2, 0) is 16.6 Å². The Labute approximate surface area is 194 Å². The number of aryl methyl sites for hydroxylation is 1. The van der Waals surface area contributed by atoms with Gasteiger partial charge in [0.15, 0.2) is 5.82 Å². The summed E-state index contributed by atoms with van der Waals surface area (Å²) in [6, 6.07) is 3.87. The molecular formula is C22H23BrN8O. The molecular weight excluding hydrogens is 472 g/mol. The van der Waals surface area contributed by atoms with Gasteiger partial charge in [-0.25, -0.2) is 0 Å². The van der Waals surface area contributed by atoms with E-state index in [2.05, 4.69) is 52.5 Å². The molecule has 4 rings (SSSR count). The van der Waals surface area contributed by atoms with Crippen LogP contribution in [0.25, 0.3) is 5.70 Å². The minimum atomic E-state index is -0.695. The lowest BCUT2D eigenvalue weighted by molar-refractivity contribution is -0.114. The fourth-order valence-corrected chi connectivity index (χ4v) is 4.07. The monoisotopic (exact) mass is 494 g/mol. The van der Waals surface area contributed by atoms with Crippen molar-refractivity contribution in [3.05, 3.63) is 75.8 Å². The lowest BCUT2D eigenvalue weighted by atomic mass is 9.71. The molecule has 3 aromatic rings. The first-order chi connectivity index (χ1) is 15.3.